The Kier molecular flexibility index (Phi) is 6.33. The highest BCUT2D eigenvalue weighted by molar-refractivity contribution is 7.90. The van der Waals surface area contributed by atoms with Crippen molar-refractivity contribution in [2.45, 2.75) is 36.9 Å². The largest absolute Gasteiger partial charge is 0.474 e. The summed E-state index contributed by atoms with van der Waals surface area (Å²) < 4.78 is 40.2. The van der Waals surface area contributed by atoms with Gasteiger partial charge in [0.1, 0.15) is 24.9 Å². The standard InChI is InChI=1S/C24H26N4O6S/c1-35(30,31)20-2-3-21-18(12-20)4-10-28(21)22-13-23(26-16-25-22)34-19-5-8-27(9-6-19)24(29)33-15-17-7-11-32-14-17/h2-3,7,11-14,16,19H,4-6,8-10,15H2,1H3. The second-order valence-electron chi connectivity index (χ2n) is 8.67. The zero-order valence-corrected chi connectivity index (χ0v) is 20.1. The van der Waals surface area contributed by atoms with E-state index in [1.54, 1.807) is 41.7 Å². The monoisotopic (exact) mass is 498 g/mol. The number of nitrogens with zero attached hydrogens (tertiary/aromatic N) is 4. The van der Waals surface area contributed by atoms with Gasteiger partial charge in [-0.15, -0.1) is 0 Å². The number of fused-ring (bicyclic) bond motifs is 1. The average Bonchev–Trinajstić information content (AvgIpc) is 3.52. The Morgan fingerprint density at radius 2 is 1.97 bits per heavy atom. The predicted octanol–water partition coefficient (Wildman–Crippen LogP) is 3.35. The number of piperidine rings is 1. The molecular weight excluding hydrogens is 472 g/mol. The molecule has 2 aliphatic rings. The van der Waals surface area contributed by atoms with Gasteiger partial charge in [0.2, 0.25) is 5.88 Å². The molecular formula is C24H26N4O6S. The minimum Gasteiger partial charge on any atom is -0.474 e. The van der Waals surface area contributed by atoms with Crippen LogP contribution in [-0.4, -0.2) is 61.4 Å². The van der Waals surface area contributed by atoms with Crippen molar-refractivity contribution in [3.8, 4) is 5.88 Å². The first-order chi connectivity index (χ1) is 16.9. The van der Waals surface area contributed by atoms with Gasteiger partial charge in [-0.3, -0.25) is 0 Å². The maximum atomic E-state index is 12.3. The number of rotatable bonds is 6. The van der Waals surface area contributed by atoms with Crippen molar-refractivity contribution < 1.29 is 27.1 Å². The van der Waals surface area contributed by atoms with Crippen LogP contribution in [0.25, 0.3) is 0 Å². The molecule has 4 heterocycles. The van der Waals surface area contributed by atoms with Gasteiger partial charge in [-0.05, 0) is 36.2 Å². The third-order valence-electron chi connectivity index (χ3n) is 6.21. The molecule has 1 saturated heterocycles. The van der Waals surface area contributed by atoms with Crippen LogP contribution in [0.5, 0.6) is 5.88 Å². The van der Waals surface area contributed by atoms with Gasteiger partial charge in [-0.2, -0.15) is 0 Å². The van der Waals surface area contributed by atoms with E-state index < -0.39 is 9.84 Å². The van der Waals surface area contributed by atoms with Gasteiger partial charge in [0.15, 0.2) is 9.84 Å². The lowest BCUT2D eigenvalue weighted by Gasteiger charge is -2.31. The summed E-state index contributed by atoms with van der Waals surface area (Å²) in [6.45, 7) is 1.95. The summed E-state index contributed by atoms with van der Waals surface area (Å²) >= 11 is 0. The van der Waals surface area contributed by atoms with Gasteiger partial charge >= 0.3 is 6.09 Å². The molecule has 0 saturated carbocycles. The minimum atomic E-state index is -3.25. The molecule has 0 bridgehead atoms. The Labute approximate surface area is 203 Å². The first-order valence-corrected chi connectivity index (χ1v) is 13.3. The Bertz CT molecular complexity index is 1300. The van der Waals surface area contributed by atoms with Gasteiger partial charge in [-0.1, -0.05) is 0 Å². The molecule has 0 unspecified atom stereocenters. The van der Waals surface area contributed by atoms with Crippen molar-refractivity contribution in [1.29, 1.82) is 0 Å². The topological polar surface area (TPSA) is 115 Å². The fraction of sp³-hybridized carbons (Fsp3) is 0.375. The van der Waals surface area contributed by atoms with E-state index >= 15 is 0 Å². The number of carbonyl (C=O) groups is 1. The van der Waals surface area contributed by atoms with Crippen LogP contribution in [0.4, 0.5) is 16.3 Å². The molecule has 5 rings (SSSR count). The van der Waals surface area contributed by atoms with Crippen LogP contribution < -0.4 is 9.64 Å². The van der Waals surface area contributed by atoms with Crippen LogP contribution in [0.15, 0.2) is 58.5 Å². The van der Waals surface area contributed by atoms with Crippen molar-refractivity contribution in [2.75, 3.05) is 30.8 Å². The molecule has 3 aromatic rings. The molecule has 184 valence electrons. The second kappa shape index (κ2) is 9.57. The summed E-state index contributed by atoms with van der Waals surface area (Å²) in [6, 6.07) is 8.74. The normalized spacial score (nSPS) is 16.3. The van der Waals surface area contributed by atoms with E-state index in [0.717, 1.165) is 23.2 Å². The Morgan fingerprint density at radius 1 is 1.14 bits per heavy atom. The minimum absolute atomic E-state index is 0.0705. The number of sulfone groups is 1. The van der Waals surface area contributed by atoms with Crippen molar-refractivity contribution in [2.24, 2.45) is 0 Å². The number of aromatic nitrogens is 2. The summed E-state index contributed by atoms with van der Waals surface area (Å²) in [4.78, 5) is 25.0. The van der Waals surface area contributed by atoms with Gasteiger partial charge < -0.3 is 23.7 Å². The van der Waals surface area contributed by atoms with Gasteiger partial charge in [-0.25, -0.2) is 23.2 Å². The van der Waals surface area contributed by atoms with E-state index in [2.05, 4.69) is 9.97 Å². The van der Waals surface area contributed by atoms with Crippen LogP contribution in [0.1, 0.15) is 24.0 Å². The van der Waals surface area contributed by atoms with E-state index in [4.69, 9.17) is 13.9 Å². The van der Waals surface area contributed by atoms with Crippen molar-refractivity contribution >= 4 is 27.4 Å². The van der Waals surface area contributed by atoms with Gasteiger partial charge in [0.05, 0.1) is 17.4 Å². The van der Waals surface area contributed by atoms with Gasteiger partial charge in [0.25, 0.3) is 0 Å². The molecule has 0 atom stereocenters. The molecule has 1 fully saturated rings. The highest BCUT2D eigenvalue weighted by Crippen LogP contribution is 2.35. The summed E-state index contributed by atoms with van der Waals surface area (Å²) in [5.41, 5.74) is 2.72. The number of furan rings is 1. The third kappa shape index (κ3) is 5.24. The Hall–Kier alpha value is -3.60. The quantitative estimate of drug-likeness (QED) is 0.504. The van der Waals surface area contributed by atoms with Crippen molar-refractivity contribution in [3.63, 3.8) is 0 Å². The third-order valence-corrected chi connectivity index (χ3v) is 7.32. The summed E-state index contributed by atoms with van der Waals surface area (Å²) in [5.74, 6) is 1.17. The SMILES string of the molecule is CS(=O)(=O)c1ccc2c(c1)CCN2c1cc(OC2CCN(C(=O)OCc3ccoc3)CC2)ncn1. The second-order valence-corrected chi connectivity index (χ2v) is 10.7. The molecule has 1 amide bonds. The van der Waals surface area contributed by atoms with Gasteiger partial charge in [0, 0.05) is 56.0 Å². The van der Waals surface area contributed by atoms with E-state index in [1.807, 2.05) is 11.0 Å². The average molecular weight is 499 g/mol. The van der Waals surface area contributed by atoms with Crippen LogP contribution in [0.2, 0.25) is 0 Å². The number of benzene rings is 1. The van der Waals surface area contributed by atoms with E-state index in [9.17, 15) is 13.2 Å². The maximum absolute atomic E-state index is 12.3. The van der Waals surface area contributed by atoms with E-state index in [1.165, 1.54) is 12.6 Å². The lowest BCUT2D eigenvalue weighted by Crippen LogP contribution is -2.42. The number of ether oxygens (including phenoxy) is 2. The highest BCUT2D eigenvalue weighted by atomic mass is 32.2. The Morgan fingerprint density at radius 3 is 2.71 bits per heavy atom. The number of carbonyl (C=O) groups excluding carboxylic acids is 1. The molecule has 35 heavy (non-hydrogen) atoms. The summed E-state index contributed by atoms with van der Waals surface area (Å²) in [6.07, 6.45) is 7.43. The fourth-order valence-corrected chi connectivity index (χ4v) is 5.00. The molecule has 2 aromatic heterocycles. The number of anilines is 2. The van der Waals surface area contributed by atoms with Crippen molar-refractivity contribution in [3.05, 3.63) is 60.3 Å². The molecule has 1 aromatic carbocycles. The molecule has 2 aliphatic heterocycles. The summed E-state index contributed by atoms with van der Waals surface area (Å²) in [7, 11) is -3.25. The highest BCUT2D eigenvalue weighted by Gasteiger charge is 2.27. The number of hydrogen-bond acceptors (Lipinski definition) is 9. The fourth-order valence-electron chi connectivity index (χ4n) is 4.33. The molecule has 10 nitrogen and oxygen atoms in total. The molecule has 0 aliphatic carbocycles. The van der Waals surface area contributed by atoms with Crippen LogP contribution >= 0.6 is 0 Å². The molecule has 0 radical (unpaired) electrons. The predicted molar refractivity (Wildman–Crippen MR) is 126 cm³/mol. The number of hydrogen-bond donors (Lipinski definition) is 0. The molecule has 0 spiro atoms. The van der Waals surface area contributed by atoms with Crippen LogP contribution in [0, 0.1) is 0 Å². The Balaban J connectivity index is 1.18. The zero-order chi connectivity index (χ0) is 24.4. The van der Waals surface area contributed by atoms with Crippen LogP contribution in [0.3, 0.4) is 0 Å². The molecule has 11 heteroatoms. The number of amides is 1. The van der Waals surface area contributed by atoms with Crippen LogP contribution in [-0.2, 0) is 27.6 Å². The summed E-state index contributed by atoms with van der Waals surface area (Å²) in [5, 5.41) is 0. The first kappa shape index (κ1) is 23.2. The van der Waals surface area contributed by atoms with E-state index in [0.29, 0.717) is 49.1 Å². The van der Waals surface area contributed by atoms with E-state index in [-0.39, 0.29) is 18.8 Å². The van der Waals surface area contributed by atoms with Crippen molar-refractivity contribution in [1.82, 2.24) is 14.9 Å². The first-order valence-electron chi connectivity index (χ1n) is 11.4. The smallest absolute Gasteiger partial charge is 0.410 e. The zero-order valence-electron chi connectivity index (χ0n) is 19.3. The number of likely N-dealkylation sites (tertiary alicyclic amines) is 1. The lowest BCUT2D eigenvalue weighted by atomic mass is 10.1. The lowest BCUT2D eigenvalue weighted by molar-refractivity contribution is 0.0624. The molecule has 0 N–H and O–H groups in total. The maximum Gasteiger partial charge on any atom is 0.410 e.